The Hall–Kier alpha value is -2.83. The molecule has 0 spiro atoms. The zero-order valence-electron chi connectivity index (χ0n) is 17.1. The molecule has 158 valence electrons. The van der Waals surface area contributed by atoms with Gasteiger partial charge < -0.3 is 19.0 Å². The van der Waals surface area contributed by atoms with Crippen LogP contribution in [0.2, 0.25) is 5.02 Å². The van der Waals surface area contributed by atoms with Crippen LogP contribution in [0.5, 0.6) is 5.75 Å². The molecular formula is C23H24ClNO5. The molecule has 0 aliphatic carbocycles. The predicted molar refractivity (Wildman–Crippen MR) is 114 cm³/mol. The van der Waals surface area contributed by atoms with Crippen molar-refractivity contribution in [2.24, 2.45) is 0 Å². The number of aryl methyl sites for hydroxylation is 2. The van der Waals surface area contributed by atoms with Crippen molar-refractivity contribution in [2.75, 3.05) is 6.61 Å². The van der Waals surface area contributed by atoms with Gasteiger partial charge in [0, 0.05) is 23.6 Å². The molecule has 1 N–H and O–H groups in total. The van der Waals surface area contributed by atoms with Gasteiger partial charge in [0.05, 0.1) is 0 Å². The van der Waals surface area contributed by atoms with Crippen LogP contribution in [0.15, 0.2) is 46.9 Å². The standard InChI is InChI=1S/C23H24ClNO5/c1-4-28-21(23(26)27)12-17-7-10-19(11-14(17)2)29-13-20-15(3)30-22(25-20)16-5-8-18(24)9-6-16/h5-11,21H,4,12-13H2,1-3H3,(H,26,27). The summed E-state index contributed by atoms with van der Waals surface area (Å²) in [6, 6.07) is 12.9. The first-order chi connectivity index (χ1) is 14.4. The quantitative estimate of drug-likeness (QED) is 0.502. The van der Waals surface area contributed by atoms with Crippen molar-refractivity contribution in [1.29, 1.82) is 0 Å². The summed E-state index contributed by atoms with van der Waals surface area (Å²) >= 11 is 5.93. The summed E-state index contributed by atoms with van der Waals surface area (Å²) in [7, 11) is 0. The largest absolute Gasteiger partial charge is 0.487 e. The molecule has 0 radical (unpaired) electrons. The van der Waals surface area contributed by atoms with Gasteiger partial charge in [-0.15, -0.1) is 0 Å². The minimum Gasteiger partial charge on any atom is -0.487 e. The van der Waals surface area contributed by atoms with Crippen molar-refractivity contribution in [3.05, 3.63) is 70.1 Å². The van der Waals surface area contributed by atoms with Crippen LogP contribution < -0.4 is 4.74 Å². The number of carbonyl (C=O) groups is 1. The fourth-order valence-electron chi connectivity index (χ4n) is 3.04. The first-order valence-electron chi connectivity index (χ1n) is 9.66. The van der Waals surface area contributed by atoms with E-state index in [0.29, 0.717) is 41.1 Å². The van der Waals surface area contributed by atoms with Crippen molar-refractivity contribution in [2.45, 2.75) is 39.9 Å². The SMILES string of the molecule is CCOC(Cc1ccc(OCc2nc(-c3ccc(Cl)cc3)oc2C)cc1C)C(=O)O. The number of hydrogen-bond acceptors (Lipinski definition) is 5. The van der Waals surface area contributed by atoms with E-state index in [2.05, 4.69) is 4.98 Å². The molecule has 0 aliphatic rings. The normalized spacial score (nSPS) is 12.0. The molecule has 2 aromatic carbocycles. The lowest BCUT2D eigenvalue weighted by Crippen LogP contribution is -2.26. The van der Waals surface area contributed by atoms with Crippen molar-refractivity contribution in [3.63, 3.8) is 0 Å². The van der Waals surface area contributed by atoms with Crippen LogP contribution in [0.25, 0.3) is 11.5 Å². The topological polar surface area (TPSA) is 81.8 Å². The van der Waals surface area contributed by atoms with E-state index in [1.54, 1.807) is 19.1 Å². The number of oxazole rings is 1. The molecular weight excluding hydrogens is 406 g/mol. The molecule has 1 aromatic heterocycles. The molecule has 7 heteroatoms. The molecule has 3 aromatic rings. The lowest BCUT2D eigenvalue weighted by Gasteiger charge is -2.15. The molecule has 0 saturated heterocycles. The Morgan fingerprint density at radius 1 is 1.20 bits per heavy atom. The van der Waals surface area contributed by atoms with Crippen LogP contribution in [-0.4, -0.2) is 28.8 Å². The lowest BCUT2D eigenvalue weighted by molar-refractivity contribution is -0.149. The maximum Gasteiger partial charge on any atom is 0.333 e. The number of nitrogens with zero attached hydrogens (tertiary/aromatic N) is 1. The molecule has 1 unspecified atom stereocenters. The number of aliphatic carboxylic acids is 1. The van der Waals surface area contributed by atoms with Crippen molar-refractivity contribution >= 4 is 17.6 Å². The Bertz CT molecular complexity index is 1010. The summed E-state index contributed by atoms with van der Waals surface area (Å²) in [6.45, 7) is 6.17. The molecule has 6 nitrogen and oxygen atoms in total. The van der Waals surface area contributed by atoms with Gasteiger partial charge in [0.2, 0.25) is 5.89 Å². The second-order valence-corrected chi connectivity index (χ2v) is 7.33. The summed E-state index contributed by atoms with van der Waals surface area (Å²) in [5.41, 5.74) is 3.41. The van der Waals surface area contributed by atoms with E-state index in [0.717, 1.165) is 16.7 Å². The molecule has 0 bridgehead atoms. The van der Waals surface area contributed by atoms with Gasteiger partial charge in [0.1, 0.15) is 23.8 Å². The summed E-state index contributed by atoms with van der Waals surface area (Å²) in [5, 5.41) is 9.93. The number of aromatic nitrogens is 1. The lowest BCUT2D eigenvalue weighted by atomic mass is 10.0. The maximum absolute atomic E-state index is 11.3. The van der Waals surface area contributed by atoms with Crippen LogP contribution in [0, 0.1) is 13.8 Å². The third kappa shape index (κ3) is 5.40. The highest BCUT2D eigenvalue weighted by molar-refractivity contribution is 6.30. The van der Waals surface area contributed by atoms with E-state index in [9.17, 15) is 9.90 Å². The average molecular weight is 430 g/mol. The van der Waals surface area contributed by atoms with E-state index in [-0.39, 0.29) is 6.61 Å². The van der Waals surface area contributed by atoms with Gasteiger partial charge in [-0.05, 0) is 68.3 Å². The Morgan fingerprint density at radius 2 is 1.93 bits per heavy atom. The van der Waals surface area contributed by atoms with Gasteiger partial charge >= 0.3 is 5.97 Å². The summed E-state index contributed by atoms with van der Waals surface area (Å²) in [5.74, 6) is 0.920. The van der Waals surface area contributed by atoms with E-state index < -0.39 is 12.1 Å². The highest BCUT2D eigenvalue weighted by atomic mass is 35.5. The van der Waals surface area contributed by atoms with Crippen LogP contribution in [0.4, 0.5) is 0 Å². The third-order valence-corrected chi connectivity index (χ3v) is 4.97. The Balaban J connectivity index is 1.67. The van der Waals surface area contributed by atoms with Gasteiger partial charge in [0.15, 0.2) is 6.10 Å². The van der Waals surface area contributed by atoms with E-state index in [4.69, 9.17) is 25.5 Å². The number of benzene rings is 2. The molecule has 0 saturated carbocycles. The first-order valence-corrected chi connectivity index (χ1v) is 10.0. The van der Waals surface area contributed by atoms with E-state index >= 15 is 0 Å². The maximum atomic E-state index is 11.3. The number of carboxylic acid groups (broad SMARTS) is 1. The fraction of sp³-hybridized carbons (Fsp3) is 0.304. The first kappa shape index (κ1) is 21.9. The fourth-order valence-corrected chi connectivity index (χ4v) is 3.16. The van der Waals surface area contributed by atoms with Gasteiger partial charge in [-0.1, -0.05) is 17.7 Å². The number of rotatable bonds is 9. The third-order valence-electron chi connectivity index (χ3n) is 4.72. The minimum atomic E-state index is -0.963. The molecule has 0 aliphatic heterocycles. The van der Waals surface area contributed by atoms with Crippen molar-refractivity contribution < 1.29 is 23.8 Å². The number of carboxylic acids is 1. The zero-order valence-corrected chi connectivity index (χ0v) is 17.9. The van der Waals surface area contributed by atoms with Gasteiger partial charge in [0.25, 0.3) is 0 Å². The number of halogens is 1. The van der Waals surface area contributed by atoms with Gasteiger partial charge in [-0.3, -0.25) is 0 Å². The van der Waals surface area contributed by atoms with Gasteiger partial charge in [-0.2, -0.15) is 0 Å². The second-order valence-electron chi connectivity index (χ2n) is 6.89. The minimum absolute atomic E-state index is 0.262. The van der Waals surface area contributed by atoms with Gasteiger partial charge in [-0.25, -0.2) is 9.78 Å². The van der Waals surface area contributed by atoms with Crippen LogP contribution in [0.1, 0.15) is 29.5 Å². The number of hydrogen-bond donors (Lipinski definition) is 1. The highest BCUT2D eigenvalue weighted by Crippen LogP contribution is 2.25. The predicted octanol–water partition coefficient (Wildman–Crippen LogP) is 5.22. The van der Waals surface area contributed by atoms with E-state index in [1.807, 2.05) is 44.2 Å². The monoisotopic (exact) mass is 429 g/mol. The Kier molecular flexibility index (Phi) is 7.13. The molecule has 1 atom stereocenters. The van der Waals surface area contributed by atoms with Crippen LogP contribution >= 0.6 is 11.6 Å². The van der Waals surface area contributed by atoms with E-state index in [1.165, 1.54) is 0 Å². The van der Waals surface area contributed by atoms with Crippen LogP contribution in [-0.2, 0) is 22.6 Å². The zero-order chi connectivity index (χ0) is 21.7. The molecule has 3 rings (SSSR count). The average Bonchev–Trinajstić information content (AvgIpc) is 3.08. The summed E-state index contributed by atoms with van der Waals surface area (Å²) in [4.78, 5) is 15.8. The van der Waals surface area contributed by atoms with Crippen LogP contribution in [0.3, 0.4) is 0 Å². The van der Waals surface area contributed by atoms with Crippen molar-refractivity contribution in [3.8, 4) is 17.2 Å². The highest BCUT2D eigenvalue weighted by Gasteiger charge is 2.19. The molecule has 30 heavy (non-hydrogen) atoms. The second kappa shape index (κ2) is 9.78. The summed E-state index contributed by atoms with van der Waals surface area (Å²) in [6.07, 6.45) is -0.549. The number of ether oxygens (including phenoxy) is 2. The molecule has 0 amide bonds. The summed E-state index contributed by atoms with van der Waals surface area (Å²) < 4.78 is 16.9. The molecule has 0 fully saturated rings. The Labute approximate surface area is 180 Å². The van der Waals surface area contributed by atoms with Crippen molar-refractivity contribution in [1.82, 2.24) is 4.98 Å². The Morgan fingerprint density at radius 3 is 2.57 bits per heavy atom. The smallest absolute Gasteiger partial charge is 0.333 e. The molecule has 1 heterocycles.